The first kappa shape index (κ1) is 19.6. The lowest BCUT2D eigenvalue weighted by Gasteiger charge is -2.23. The summed E-state index contributed by atoms with van der Waals surface area (Å²) in [6.45, 7) is 2.57. The average Bonchev–Trinajstić information content (AvgIpc) is 2.69. The van der Waals surface area contributed by atoms with Gasteiger partial charge in [0.2, 0.25) is 21.4 Å². The van der Waals surface area contributed by atoms with E-state index in [0.717, 1.165) is 48.9 Å². The maximum atomic E-state index is 9.22. The molecule has 4 rings (SSSR count). The average molecular weight is 391 g/mol. The molecule has 9 heteroatoms. The van der Waals surface area contributed by atoms with Crippen LogP contribution in [0, 0.1) is 0 Å². The first-order chi connectivity index (χ1) is 12.9. The van der Waals surface area contributed by atoms with Crippen molar-refractivity contribution in [3.63, 3.8) is 0 Å². The highest BCUT2D eigenvalue weighted by Gasteiger charge is 2.19. The second kappa shape index (κ2) is 8.24. The minimum Gasteiger partial charge on any atom is -0.726 e. The van der Waals surface area contributed by atoms with Gasteiger partial charge in [-0.25, -0.2) is 13.4 Å². The number of aromatic nitrogens is 2. The molecule has 1 saturated heterocycles. The van der Waals surface area contributed by atoms with Gasteiger partial charge in [0.1, 0.15) is 18.1 Å². The van der Waals surface area contributed by atoms with E-state index in [1.54, 1.807) is 0 Å². The highest BCUT2D eigenvalue weighted by Crippen LogP contribution is 2.22. The molecule has 0 aliphatic carbocycles. The molecule has 1 fully saturated rings. The van der Waals surface area contributed by atoms with Gasteiger partial charge >= 0.3 is 0 Å². The Labute approximate surface area is 157 Å². The predicted octanol–water partition coefficient (Wildman–Crippen LogP) is 0.966. The Morgan fingerprint density at radius 1 is 1.22 bits per heavy atom. The van der Waals surface area contributed by atoms with E-state index in [4.69, 9.17) is 9.72 Å². The van der Waals surface area contributed by atoms with Crippen LogP contribution < -0.4 is 9.88 Å². The summed E-state index contributed by atoms with van der Waals surface area (Å²) in [7, 11) is -1.51. The summed E-state index contributed by atoms with van der Waals surface area (Å²) in [6.07, 6.45) is 0.134. The van der Waals surface area contributed by atoms with Gasteiger partial charge in [0.15, 0.2) is 0 Å². The molecule has 1 aromatic heterocycles. The van der Waals surface area contributed by atoms with Gasteiger partial charge in [-0.3, -0.25) is 4.18 Å². The smallest absolute Gasteiger partial charge is 0.231 e. The summed E-state index contributed by atoms with van der Waals surface area (Å²) in [5, 5.41) is 3.38. The SMILES string of the molecule is COS(=O)(=O)[O-].C[n+]1c2ccccc2nc2ccc(C3CNCCO3)cc21. The Hall–Kier alpha value is -2.17. The van der Waals surface area contributed by atoms with Gasteiger partial charge in [-0.2, -0.15) is 4.57 Å². The quantitative estimate of drug-likeness (QED) is 0.300. The van der Waals surface area contributed by atoms with Gasteiger partial charge in [0.25, 0.3) is 0 Å². The van der Waals surface area contributed by atoms with Gasteiger partial charge in [0, 0.05) is 25.2 Å². The molecular weight excluding hydrogens is 370 g/mol. The van der Waals surface area contributed by atoms with Crippen LogP contribution in [-0.2, 0) is 26.4 Å². The molecule has 1 aliphatic rings. The molecule has 1 unspecified atom stereocenters. The van der Waals surface area contributed by atoms with E-state index in [1.165, 1.54) is 5.56 Å². The summed E-state index contributed by atoms with van der Waals surface area (Å²) >= 11 is 0. The van der Waals surface area contributed by atoms with Crippen LogP contribution in [0.3, 0.4) is 0 Å². The van der Waals surface area contributed by atoms with Crippen molar-refractivity contribution in [1.29, 1.82) is 0 Å². The number of aryl methyl sites for hydroxylation is 1. The molecule has 3 aromatic rings. The van der Waals surface area contributed by atoms with Crippen molar-refractivity contribution >= 4 is 32.5 Å². The normalized spacial score (nSPS) is 17.5. The van der Waals surface area contributed by atoms with E-state index in [2.05, 4.69) is 51.4 Å². The molecule has 0 radical (unpaired) electrons. The summed E-state index contributed by atoms with van der Waals surface area (Å²) in [5.41, 5.74) is 5.53. The number of hydrogen-bond acceptors (Lipinski definition) is 7. The molecule has 27 heavy (non-hydrogen) atoms. The number of fused-ring (bicyclic) bond motifs is 2. The lowest BCUT2D eigenvalue weighted by molar-refractivity contribution is -0.618. The van der Waals surface area contributed by atoms with E-state index in [0.29, 0.717) is 0 Å². The fourth-order valence-electron chi connectivity index (χ4n) is 2.99. The minimum atomic E-state index is -4.41. The summed E-state index contributed by atoms with van der Waals surface area (Å²) in [4.78, 5) is 4.75. The van der Waals surface area contributed by atoms with Crippen LogP contribution >= 0.6 is 0 Å². The van der Waals surface area contributed by atoms with Crippen LogP contribution in [0.5, 0.6) is 0 Å². The monoisotopic (exact) mass is 391 g/mol. The van der Waals surface area contributed by atoms with Crippen molar-refractivity contribution in [3.05, 3.63) is 48.0 Å². The highest BCUT2D eigenvalue weighted by atomic mass is 32.3. The third-order valence-corrected chi connectivity index (χ3v) is 4.76. The van der Waals surface area contributed by atoms with Crippen molar-refractivity contribution in [2.45, 2.75) is 6.10 Å². The van der Waals surface area contributed by atoms with Crippen LogP contribution in [0.4, 0.5) is 0 Å². The zero-order valence-corrected chi connectivity index (χ0v) is 15.9. The fourth-order valence-corrected chi connectivity index (χ4v) is 2.99. The standard InChI is InChI=1S/C17H18N3O.CH4O4S/c1-20-15-5-3-2-4-13(15)19-14-7-6-12(10-16(14)20)17-11-18-8-9-21-17;1-5-6(2,3)4/h2-7,10,17-18H,8-9,11H2,1H3;1H3,(H,2,3,4)/q+1;/p-1. The van der Waals surface area contributed by atoms with Crippen molar-refractivity contribution in [2.75, 3.05) is 26.8 Å². The van der Waals surface area contributed by atoms with E-state index < -0.39 is 10.4 Å². The Morgan fingerprint density at radius 2 is 1.93 bits per heavy atom. The first-order valence-corrected chi connectivity index (χ1v) is 9.74. The van der Waals surface area contributed by atoms with Gasteiger partial charge in [-0.05, 0) is 17.7 Å². The third-order valence-electron chi connectivity index (χ3n) is 4.35. The first-order valence-electron chi connectivity index (χ1n) is 8.41. The van der Waals surface area contributed by atoms with Crippen LogP contribution in [-0.4, -0.2) is 44.8 Å². The van der Waals surface area contributed by atoms with Gasteiger partial charge in [0.05, 0.1) is 19.8 Å². The third kappa shape index (κ3) is 4.76. The largest absolute Gasteiger partial charge is 0.726 e. The van der Waals surface area contributed by atoms with Crippen LogP contribution in [0.25, 0.3) is 22.1 Å². The zero-order valence-electron chi connectivity index (χ0n) is 15.1. The molecule has 2 heterocycles. The number of benzene rings is 2. The number of nitrogens with one attached hydrogen (secondary N) is 1. The van der Waals surface area contributed by atoms with Crippen molar-refractivity contribution in [3.8, 4) is 0 Å². The molecule has 0 amide bonds. The van der Waals surface area contributed by atoms with Crippen LogP contribution in [0.1, 0.15) is 11.7 Å². The van der Waals surface area contributed by atoms with Gasteiger partial charge < -0.3 is 14.6 Å². The molecule has 0 spiro atoms. The number of para-hydroxylation sites is 2. The molecule has 1 atom stereocenters. The molecule has 8 nitrogen and oxygen atoms in total. The molecule has 144 valence electrons. The van der Waals surface area contributed by atoms with E-state index >= 15 is 0 Å². The Kier molecular flexibility index (Phi) is 5.98. The van der Waals surface area contributed by atoms with Crippen LogP contribution in [0.15, 0.2) is 42.5 Å². The van der Waals surface area contributed by atoms with Crippen molar-refractivity contribution < 1.29 is 26.5 Å². The van der Waals surface area contributed by atoms with Gasteiger partial charge in [-0.1, -0.05) is 18.2 Å². The topological polar surface area (TPSA) is 104 Å². The maximum Gasteiger partial charge on any atom is 0.231 e. The van der Waals surface area contributed by atoms with Crippen molar-refractivity contribution in [1.82, 2.24) is 10.3 Å². The van der Waals surface area contributed by atoms with E-state index in [1.807, 2.05) is 12.1 Å². The molecule has 0 bridgehead atoms. The fraction of sp³-hybridized carbons (Fsp3) is 0.333. The predicted molar refractivity (Wildman–Crippen MR) is 98.7 cm³/mol. The highest BCUT2D eigenvalue weighted by molar-refractivity contribution is 7.80. The van der Waals surface area contributed by atoms with Crippen LogP contribution in [0.2, 0.25) is 0 Å². The number of rotatable bonds is 2. The van der Waals surface area contributed by atoms with Crippen molar-refractivity contribution in [2.24, 2.45) is 7.05 Å². The summed E-state index contributed by atoms with van der Waals surface area (Å²) in [6, 6.07) is 14.7. The number of morpholine rings is 1. The summed E-state index contributed by atoms with van der Waals surface area (Å²) in [5.74, 6) is 0. The maximum absolute atomic E-state index is 9.22. The van der Waals surface area contributed by atoms with E-state index in [9.17, 15) is 13.0 Å². The molecular formula is C18H21N3O5S. The Bertz CT molecular complexity index is 1050. The molecule has 0 saturated carbocycles. The summed E-state index contributed by atoms with van der Waals surface area (Å²) < 4.78 is 39.1. The molecule has 2 aromatic carbocycles. The number of hydrogen-bond donors (Lipinski definition) is 1. The number of nitrogens with zero attached hydrogens (tertiary/aromatic N) is 2. The lowest BCUT2D eigenvalue weighted by atomic mass is 10.1. The van der Waals surface area contributed by atoms with Gasteiger partial charge in [-0.15, -0.1) is 0 Å². The molecule has 1 N–H and O–H groups in total. The Morgan fingerprint density at radius 3 is 2.59 bits per heavy atom. The van der Waals surface area contributed by atoms with E-state index in [-0.39, 0.29) is 6.10 Å². The second-order valence-electron chi connectivity index (χ2n) is 6.05. The zero-order chi connectivity index (χ0) is 19.4. The second-order valence-corrected chi connectivity index (χ2v) is 7.20. The number of ether oxygens (including phenoxy) is 1. The molecule has 1 aliphatic heterocycles. The Balaban J connectivity index is 0.000000307. The minimum absolute atomic E-state index is 0.134. The lowest BCUT2D eigenvalue weighted by Crippen LogP contribution is -2.34.